The molecule has 0 unspecified atom stereocenters. The van der Waals surface area contributed by atoms with Crippen LogP contribution in [0.1, 0.15) is 17.8 Å². The fourth-order valence-electron chi connectivity index (χ4n) is 3.72. The Kier molecular flexibility index (Phi) is 7.17. The topological polar surface area (TPSA) is 125 Å². The molecular formula is C21H22ClN2O7S3+. The highest BCUT2D eigenvalue weighted by atomic mass is 35.5. The Bertz CT molecular complexity index is 1470. The third kappa shape index (κ3) is 6.06. The fourth-order valence-corrected chi connectivity index (χ4v) is 5.99. The molecule has 0 aliphatic carbocycles. The van der Waals surface area contributed by atoms with Crippen molar-refractivity contribution in [3.63, 3.8) is 0 Å². The molecule has 182 valence electrons. The van der Waals surface area contributed by atoms with Crippen molar-refractivity contribution in [2.45, 2.75) is 19.4 Å². The lowest BCUT2D eigenvalue weighted by Gasteiger charge is -2.17. The number of aromatic nitrogens is 1. The molecule has 0 fully saturated rings. The van der Waals surface area contributed by atoms with Crippen molar-refractivity contribution in [2.75, 3.05) is 23.0 Å². The van der Waals surface area contributed by atoms with Crippen LogP contribution in [0, 0.1) is 0 Å². The Labute approximate surface area is 206 Å². The van der Waals surface area contributed by atoms with Gasteiger partial charge < -0.3 is 9.64 Å². The van der Waals surface area contributed by atoms with Gasteiger partial charge in [-0.15, -0.1) is 0 Å². The summed E-state index contributed by atoms with van der Waals surface area (Å²) in [4.78, 5) is 1.79. The highest BCUT2D eigenvalue weighted by Gasteiger charge is 2.29. The molecule has 13 heteroatoms. The minimum absolute atomic E-state index is 0.159. The second-order valence-electron chi connectivity index (χ2n) is 7.69. The number of rotatable bonds is 9. The van der Waals surface area contributed by atoms with Crippen molar-refractivity contribution < 1.29 is 35.2 Å². The number of nitrogens with zero attached hydrogens (tertiary/aromatic N) is 2. The molecule has 4 rings (SSSR count). The molecule has 34 heavy (non-hydrogen) atoms. The third-order valence-electron chi connectivity index (χ3n) is 5.14. The summed E-state index contributed by atoms with van der Waals surface area (Å²) in [5.74, 6) is 0.248. The summed E-state index contributed by atoms with van der Waals surface area (Å²) >= 11 is 7.65. The highest BCUT2D eigenvalue weighted by Crippen LogP contribution is 2.41. The zero-order valence-electron chi connectivity index (χ0n) is 17.8. The van der Waals surface area contributed by atoms with E-state index in [1.54, 1.807) is 29.2 Å². The fraction of sp³-hybridized carbons (Fsp3) is 0.286. The normalized spacial score (nSPS) is 15.1. The van der Waals surface area contributed by atoms with Crippen LogP contribution in [-0.4, -0.2) is 44.0 Å². The lowest BCUT2D eigenvalue weighted by Crippen LogP contribution is -2.36. The first kappa shape index (κ1) is 24.9. The lowest BCUT2D eigenvalue weighted by molar-refractivity contribution is -0.668. The number of anilines is 1. The maximum Gasteiger partial charge on any atom is 0.268 e. The van der Waals surface area contributed by atoms with E-state index in [4.69, 9.17) is 25.4 Å². The number of halogens is 1. The molecule has 0 saturated heterocycles. The summed E-state index contributed by atoms with van der Waals surface area (Å²) in [5, 5.41) is 1.27. The Morgan fingerprint density at radius 1 is 1.03 bits per heavy atom. The van der Waals surface area contributed by atoms with Crippen LogP contribution < -0.4 is 14.2 Å². The number of hydrogen-bond donors (Lipinski definition) is 2. The van der Waals surface area contributed by atoms with Crippen LogP contribution in [0.2, 0.25) is 5.02 Å². The SMILES string of the molecule is O=S(=O)(O)CCCN1/C(=C/c2sc3ccccc3[n+]2CCCS(=O)(=O)O)Oc2ccc(Cl)cc21. The van der Waals surface area contributed by atoms with Gasteiger partial charge in [-0.05, 0) is 30.7 Å². The monoisotopic (exact) mass is 545 g/mol. The third-order valence-corrected chi connectivity index (χ3v) is 8.10. The maximum atomic E-state index is 11.2. The average molecular weight is 546 g/mol. The van der Waals surface area contributed by atoms with Gasteiger partial charge in [-0.2, -0.15) is 21.4 Å². The molecule has 0 bridgehead atoms. The zero-order chi connectivity index (χ0) is 24.5. The molecule has 2 aromatic carbocycles. The molecule has 1 aliphatic rings. The molecule has 1 aromatic heterocycles. The number of benzene rings is 2. The van der Waals surface area contributed by atoms with E-state index in [1.165, 1.54) is 11.3 Å². The Hall–Kier alpha value is -2.22. The lowest BCUT2D eigenvalue weighted by atomic mass is 10.2. The van der Waals surface area contributed by atoms with E-state index >= 15 is 0 Å². The van der Waals surface area contributed by atoms with E-state index < -0.39 is 26.0 Å². The number of ether oxygens (including phenoxy) is 1. The highest BCUT2D eigenvalue weighted by molar-refractivity contribution is 7.86. The maximum absolute atomic E-state index is 11.2. The molecule has 2 heterocycles. The Morgan fingerprint density at radius 3 is 2.47 bits per heavy atom. The number of hydrogen-bond acceptors (Lipinski definition) is 7. The van der Waals surface area contributed by atoms with Crippen molar-refractivity contribution in [1.29, 1.82) is 0 Å². The molecule has 0 spiro atoms. The van der Waals surface area contributed by atoms with Gasteiger partial charge in [0.25, 0.3) is 25.2 Å². The smallest absolute Gasteiger partial charge is 0.268 e. The van der Waals surface area contributed by atoms with Crippen LogP contribution in [0.4, 0.5) is 5.69 Å². The Morgan fingerprint density at radius 2 is 1.74 bits per heavy atom. The zero-order valence-corrected chi connectivity index (χ0v) is 21.0. The Balaban J connectivity index is 1.70. The van der Waals surface area contributed by atoms with Gasteiger partial charge in [0.2, 0.25) is 11.4 Å². The van der Waals surface area contributed by atoms with Gasteiger partial charge >= 0.3 is 0 Å². The van der Waals surface area contributed by atoms with Gasteiger partial charge in [0.15, 0.2) is 12.3 Å². The second kappa shape index (κ2) is 9.80. The van der Waals surface area contributed by atoms with Crippen molar-refractivity contribution in [3.05, 3.63) is 58.4 Å². The minimum Gasteiger partial charge on any atom is -0.438 e. The van der Waals surface area contributed by atoms with Crippen LogP contribution in [0.5, 0.6) is 5.75 Å². The molecule has 0 amide bonds. The first-order valence-corrected chi connectivity index (χ1v) is 14.7. The van der Waals surface area contributed by atoms with Gasteiger partial charge in [-0.25, -0.2) is 0 Å². The second-order valence-corrected chi connectivity index (χ2v) is 12.3. The van der Waals surface area contributed by atoms with E-state index in [1.807, 2.05) is 28.8 Å². The molecule has 0 saturated carbocycles. The molecular weight excluding hydrogens is 524 g/mol. The van der Waals surface area contributed by atoms with E-state index in [0.29, 0.717) is 28.9 Å². The summed E-state index contributed by atoms with van der Waals surface area (Å²) in [5.41, 5.74) is 1.58. The van der Waals surface area contributed by atoms with Crippen molar-refractivity contribution in [2.24, 2.45) is 0 Å². The van der Waals surface area contributed by atoms with E-state index in [2.05, 4.69) is 0 Å². The molecule has 1 aliphatic heterocycles. The van der Waals surface area contributed by atoms with Gasteiger partial charge in [-0.1, -0.05) is 35.1 Å². The van der Waals surface area contributed by atoms with Gasteiger partial charge in [-0.3, -0.25) is 9.11 Å². The van der Waals surface area contributed by atoms with Gasteiger partial charge in [0.1, 0.15) is 4.70 Å². The number of para-hydroxylation sites is 1. The number of aryl methyl sites for hydroxylation is 1. The largest absolute Gasteiger partial charge is 0.438 e. The van der Waals surface area contributed by atoms with Crippen molar-refractivity contribution >= 4 is 65.2 Å². The van der Waals surface area contributed by atoms with Crippen LogP contribution in [0.25, 0.3) is 16.3 Å². The summed E-state index contributed by atoms with van der Waals surface area (Å²) in [6, 6.07) is 12.8. The summed E-state index contributed by atoms with van der Waals surface area (Å²) < 4.78 is 72.0. The molecule has 9 nitrogen and oxygen atoms in total. The van der Waals surface area contributed by atoms with Gasteiger partial charge in [0.05, 0.1) is 23.3 Å². The van der Waals surface area contributed by atoms with Crippen LogP contribution in [-0.2, 0) is 26.8 Å². The number of fused-ring (bicyclic) bond motifs is 2. The van der Waals surface area contributed by atoms with Crippen molar-refractivity contribution in [1.82, 2.24) is 0 Å². The first-order valence-electron chi connectivity index (χ1n) is 10.3. The van der Waals surface area contributed by atoms with E-state index in [0.717, 1.165) is 15.2 Å². The van der Waals surface area contributed by atoms with Crippen molar-refractivity contribution in [3.8, 4) is 5.75 Å². The summed E-state index contributed by atoms with van der Waals surface area (Å²) in [7, 11) is -8.19. The summed E-state index contributed by atoms with van der Waals surface area (Å²) in [6.45, 7) is 0.608. The van der Waals surface area contributed by atoms with E-state index in [9.17, 15) is 16.8 Å². The number of thiazole rings is 1. The molecule has 2 N–H and O–H groups in total. The molecule has 3 aromatic rings. The quantitative estimate of drug-likeness (QED) is 0.309. The average Bonchev–Trinajstić information content (AvgIpc) is 3.24. The molecule has 0 atom stereocenters. The van der Waals surface area contributed by atoms with Crippen LogP contribution in [0.3, 0.4) is 0 Å². The standard InChI is InChI=1S/C21H21ClN2O7S3/c22-15-7-8-18-17(13-15)23(9-3-11-33(25,26)27)20(31-18)14-21-24(10-4-12-34(28,29)30)16-5-1-2-6-19(16)32-21/h1-2,5-8,13-14H,3-4,9-12H2,(H-,25,26,27,28,29,30)/p+1. The minimum atomic E-state index is -4.11. The predicted molar refractivity (Wildman–Crippen MR) is 131 cm³/mol. The van der Waals surface area contributed by atoms with Gasteiger partial charge in [0, 0.05) is 24.1 Å². The predicted octanol–water partition coefficient (Wildman–Crippen LogP) is 3.60. The molecule has 0 radical (unpaired) electrons. The first-order chi connectivity index (χ1) is 16.0. The van der Waals surface area contributed by atoms with Crippen LogP contribution >= 0.6 is 22.9 Å². The summed E-state index contributed by atoms with van der Waals surface area (Å²) in [6.07, 6.45) is 2.18. The van der Waals surface area contributed by atoms with Crippen LogP contribution in [0.15, 0.2) is 48.3 Å². The van der Waals surface area contributed by atoms with E-state index in [-0.39, 0.29) is 25.1 Å².